The van der Waals surface area contributed by atoms with Crippen LogP contribution in [0.4, 0.5) is 0 Å². The van der Waals surface area contributed by atoms with E-state index < -0.39 is 0 Å². The molecule has 1 saturated carbocycles. The zero-order valence-electron chi connectivity index (χ0n) is 8.97. The van der Waals surface area contributed by atoms with Crippen LogP contribution >= 0.6 is 0 Å². The second-order valence-electron chi connectivity index (χ2n) is 4.04. The molecule has 0 bridgehead atoms. The first-order chi connectivity index (χ1) is 7.81. The number of aliphatic hydroxyl groups is 1. The number of rotatable bonds is 3. The fraction of sp³-hybridized carbons (Fsp3) is 0.545. The van der Waals surface area contributed by atoms with Crippen LogP contribution in [0.1, 0.15) is 29.8 Å². The molecule has 2 rings (SSSR count). The fourth-order valence-corrected chi connectivity index (χ4v) is 2.10. The highest BCUT2D eigenvalue weighted by molar-refractivity contribution is 5.92. The van der Waals surface area contributed by atoms with E-state index in [4.69, 9.17) is 5.11 Å². The van der Waals surface area contributed by atoms with Crippen molar-refractivity contribution in [2.24, 2.45) is 5.92 Å². The van der Waals surface area contributed by atoms with E-state index in [1.54, 1.807) is 0 Å². The maximum Gasteiger partial charge on any atom is 0.271 e. The van der Waals surface area contributed by atoms with Crippen LogP contribution in [0, 0.1) is 5.92 Å². The zero-order valence-corrected chi connectivity index (χ0v) is 8.97. The Labute approximate surface area is 93.9 Å². The Balaban J connectivity index is 1.97. The first-order valence-corrected chi connectivity index (χ1v) is 5.49. The van der Waals surface area contributed by atoms with Crippen molar-refractivity contribution in [1.82, 2.24) is 15.3 Å². The summed E-state index contributed by atoms with van der Waals surface area (Å²) in [5.74, 6) is -0.0286. The molecule has 16 heavy (non-hydrogen) atoms. The SMILES string of the molecule is O=C(NC1CCCC1CO)c1cnccn1. The van der Waals surface area contributed by atoms with Gasteiger partial charge in [0.15, 0.2) is 0 Å². The minimum atomic E-state index is -0.210. The van der Waals surface area contributed by atoms with E-state index in [1.165, 1.54) is 18.6 Å². The van der Waals surface area contributed by atoms with Crippen molar-refractivity contribution < 1.29 is 9.90 Å². The minimum Gasteiger partial charge on any atom is -0.396 e. The van der Waals surface area contributed by atoms with Gasteiger partial charge in [0, 0.05) is 31.0 Å². The van der Waals surface area contributed by atoms with Gasteiger partial charge in [0.2, 0.25) is 0 Å². The second-order valence-corrected chi connectivity index (χ2v) is 4.04. The van der Waals surface area contributed by atoms with Gasteiger partial charge in [-0.3, -0.25) is 9.78 Å². The molecular formula is C11H15N3O2. The lowest BCUT2D eigenvalue weighted by atomic mass is 10.1. The van der Waals surface area contributed by atoms with Gasteiger partial charge in [-0.05, 0) is 12.8 Å². The molecule has 1 aliphatic rings. The van der Waals surface area contributed by atoms with Crippen molar-refractivity contribution in [2.75, 3.05) is 6.61 Å². The quantitative estimate of drug-likeness (QED) is 0.773. The topological polar surface area (TPSA) is 75.1 Å². The minimum absolute atomic E-state index is 0.0690. The summed E-state index contributed by atoms with van der Waals surface area (Å²) in [5, 5.41) is 12.0. The third kappa shape index (κ3) is 2.36. The van der Waals surface area contributed by atoms with Gasteiger partial charge in [-0.2, -0.15) is 0 Å². The standard InChI is InChI=1S/C11H15N3O2/c15-7-8-2-1-3-9(8)14-11(16)10-6-12-4-5-13-10/h4-6,8-9,15H,1-3,7H2,(H,14,16). The van der Waals surface area contributed by atoms with Crippen LogP contribution < -0.4 is 5.32 Å². The summed E-state index contributed by atoms with van der Waals surface area (Å²) < 4.78 is 0. The van der Waals surface area contributed by atoms with E-state index >= 15 is 0 Å². The van der Waals surface area contributed by atoms with E-state index in [9.17, 15) is 4.79 Å². The number of aromatic nitrogens is 2. The van der Waals surface area contributed by atoms with Crippen LogP contribution in [0.15, 0.2) is 18.6 Å². The summed E-state index contributed by atoms with van der Waals surface area (Å²) in [5.41, 5.74) is 0.325. The highest BCUT2D eigenvalue weighted by Gasteiger charge is 2.28. The van der Waals surface area contributed by atoms with Crippen molar-refractivity contribution in [3.63, 3.8) is 0 Å². The van der Waals surface area contributed by atoms with Crippen LogP contribution in [0.5, 0.6) is 0 Å². The van der Waals surface area contributed by atoms with Crippen molar-refractivity contribution >= 4 is 5.91 Å². The molecule has 2 N–H and O–H groups in total. The number of nitrogens with zero attached hydrogens (tertiary/aromatic N) is 2. The van der Waals surface area contributed by atoms with Gasteiger partial charge in [-0.1, -0.05) is 6.42 Å². The number of carbonyl (C=O) groups excluding carboxylic acids is 1. The average molecular weight is 221 g/mol. The van der Waals surface area contributed by atoms with Crippen molar-refractivity contribution in [2.45, 2.75) is 25.3 Å². The summed E-state index contributed by atoms with van der Waals surface area (Å²) in [4.78, 5) is 19.5. The maximum atomic E-state index is 11.8. The highest BCUT2D eigenvalue weighted by Crippen LogP contribution is 2.25. The lowest BCUT2D eigenvalue weighted by Gasteiger charge is -2.18. The van der Waals surface area contributed by atoms with Gasteiger partial charge >= 0.3 is 0 Å². The zero-order chi connectivity index (χ0) is 11.4. The Morgan fingerprint density at radius 3 is 3.06 bits per heavy atom. The summed E-state index contributed by atoms with van der Waals surface area (Å²) in [7, 11) is 0. The van der Waals surface area contributed by atoms with Gasteiger partial charge in [-0.15, -0.1) is 0 Å². The van der Waals surface area contributed by atoms with Crippen LogP contribution in [0.2, 0.25) is 0 Å². The lowest BCUT2D eigenvalue weighted by Crippen LogP contribution is -2.38. The molecule has 0 saturated heterocycles. The molecule has 2 atom stereocenters. The molecule has 86 valence electrons. The van der Waals surface area contributed by atoms with Crippen molar-refractivity contribution in [3.8, 4) is 0 Å². The van der Waals surface area contributed by atoms with Gasteiger partial charge in [0.05, 0.1) is 6.20 Å². The molecule has 1 amide bonds. The predicted molar refractivity (Wildman–Crippen MR) is 57.7 cm³/mol. The predicted octanol–water partition coefficient (Wildman–Crippen LogP) is 0.367. The summed E-state index contributed by atoms with van der Waals surface area (Å²) >= 11 is 0. The summed E-state index contributed by atoms with van der Waals surface area (Å²) in [6.45, 7) is 0.130. The van der Waals surface area contributed by atoms with Crippen molar-refractivity contribution in [3.05, 3.63) is 24.3 Å². The van der Waals surface area contributed by atoms with Gasteiger partial charge in [-0.25, -0.2) is 4.98 Å². The molecule has 1 fully saturated rings. The van der Waals surface area contributed by atoms with Crippen LogP contribution in [0.3, 0.4) is 0 Å². The molecule has 1 aromatic heterocycles. The molecule has 0 spiro atoms. The third-order valence-corrected chi connectivity index (χ3v) is 3.01. The molecule has 1 heterocycles. The van der Waals surface area contributed by atoms with E-state index in [-0.39, 0.29) is 24.5 Å². The van der Waals surface area contributed by atoms with Crippen LogP contribution in [-0.4, -0.2) is 33.6 Å². The number of hydrogen-bond acceptors (Lipinski definition) is 4. The second kappa shape index (κ2) is 5.03. The Hall–Kier alpha value is -1.49. The van der Waals surface area contributed by atoms with E-state index in [1.807, 2.05) is 0 Å². The Morgan fingerprint density at radius 2 is 2.38 bits per heavy atom. The fourth-order valence-electron chi connectivity index (χ4n) is 2.10. The normalized spacial score (nSPS) is 24.3. The van der Waals surface area contributed by atoms with Crippen LogP contribution in [-0.2, 0) is 0 Å². The van der Waals surface area contributed by atoms with E-state index in [2.05, 4.69) is 15.3 Å². The Kier molecular flexibility index (Phi) is 3.46. The monoisotopic (exact) mass is 221 g/mol. The maximum absolute atomic E-state index is 11.8. The average Bonchev–Trinajstić information content (AvgIpc) is 2.77. The molecule has 1 aromatic rings. The molecular weight excluding hydrogens is 206 g/mol. The van der Waals surface area contributed by atoms with Gasteiger partial charge < -0.3 is 10.4 Å². The van der Waals surface area contributed by atoms with Gasteiger partial charge in [0.1, 0.15) is 5.69 Å². The molecule has 0 aromatic carbocycles. The van der Waals surface area contributed by atoms with Crippen LogP contribution in [0.25, 0.3) is 0 Å². The first kappa shape index (κ1) is 11.0. The number of carbonyl (C=O) groups is 1. The van der Waals surface area contributed by atoms with E-state index in [0.717, 1.165) is 19.3 Å². The Bertz CT molecular complexity index is 356. The molecule has 5 heteroatoms. The summed E-state index contributed by atoms with van der Waals surface area (Å²) in [6, 6.07) is 0.0690. The number of nitrogens with one attached hydrogen (secondary N) is 1. The van der Waals surface area contributed by atoms with Crippen molar-refractivity contribution in [1.29, 1.82) is 0 Å². The smallest absolute Gasteiger partial charge is 0.271 e. The highest BCUT2D eigenvalue weighted by atomic mass is 16.3. The largest absolute Gasteiger partial charge is 0.396 e. The molecule has 2 unspecified atom stereocenters. The molecule has 5 nitrogen and oxygen atoms in total. The third-order valence-electron chi connectivity index (χ3n) is 3.01. The molecule has 0 aliphatic heterocycles. The summed E-state index contributed by atoms with van der Waals surface area (Å²) in [6.07, 6.45) is 7.42. The first-order valence-electron chi connectivity index (χ1n) is 5.49. The molecule has 0 radical (unpaired) electrons. The molecule has 1 aliphatic carbocycles. The lowest BCUT2D eigenvalue weighted by molar-refractivity contribution is 0.0910. The number of amides is 1. The van der Waals surface area contributed by atoms with E-state index in [0.29, 0.717) is 5.69 Å². The Morgan fingerprint density at radius 1 is 1.50 bits per heavy atom. The number of aliphatic hydroxyl groups excluding tert-OH is 1. The number of hydrogen-bond donors (Lipinski definition) is 2. The van der Waals surface area contributed by atoms with Gasteiger partial charge in [0.25, 0.3) is 5.91 Å².